The zero-order valence-corrected chi connectivity index (χ0v) is 11.3. The summed E-state index contributed by atoms with van der Waals surface area (Å²) >= 11 is 6.01. The molecule has 0 atom stereocenters. The van der Waals surface area contributed by atoms with Crippen molar-refractivity contribution in [2.75, 3.05) is 6.61 Å². The Bertz CT molecular complexity index is 594. The fraction of sp³-hybridized carbons (Fsp3) is 0.231. The van der Waals surface area contributed by atoms with E-state index in [-0.39, 0.29) is 5.84 Å². The lowest BCUT2D eigenvalue weighted by molar-refractivity contribution is 0.317. The van der Waals surface area contributed by atoms with Crippen molar-refractivity contribution >= 4 is 17.4 Å². The van der Waals surface area contributed by atoms with Crippen molar-refractivity contribution in [3.8, 4) is 5.75 Å². The van der Waals surface area contributed by atoms with E-state index in [0.717, 1.165) is 12.2 Å². The zero-order valence-electron chi connectivity index (χ0n) is 10.6. The number of aromatic nitrogens is 2. The largest absolute Gasteiger partial charge is 0.493 e. The van der Waals surface area contributed by atoms with E-state index in [1.54, 1.807) is 24.4 Å². The lowest BCUT2D eigenvalue weighted by atomic mass is 10.2. The lowest BCUT2D eigenvalue weighted by Gasteiger charge is -2.08. The van der Waals surface area contributed by atoms with Crippen LogP contribution in [0.4, 0.5) is 0 Å². The molecule has 0 aliphatic rings. The first-order valence-electron chi connectivity index (χ1n) is 5.81. The number of nitrogen functional groups attached to an aromatic ring is 1. The quantitative estimate of drug-likeness (QED) is 0.648. The molecule has 2 aromatic rings. The summed E-state index contributed by atoms with van der Waals surface area (Å²) in [6.07, 6.45) is 4.37. The molecule has 0 aliphatic heterocycles. The average Bonchev–Trinajstić information content (AvgIpc) is 2.75. The van der Waals surface area contributed by atoms with Crippen LogP contribution in [0.3, 0.4) is 0 Å². The molecule has 0 saturated heterocycles. The van der Waals surface area contributed by atoms with Gasteiger partial charge in [-0.2, -0.15) is 0 Å². The van der Waals surface area contributed by atoms with Crippen LogP contribution in [0, 0.1) is 5.41 Å². The molecule has 0 unspecified atom stereocenters. The van der Waals surface area contributed by atoms with Gasteiger partial charge in [0, 0.05) is 31.4 Å². The predicted molar refractivity (Wildman–Crippen MR) is 74.9 cm³/mol. The minimum atomic E-state index is -0.0513. The SMILES string of the molecule is Cn1ccnc1CCOc1ccc(C(=N)N)c(Cl)c1. The number of nitrogens with two attached hydrogens (primary N) is 1. The van der Waals surface area contributed by atoms with Gasteiger partial charge in [0.2, 0.25) is 0 Å². The third-order valence-electron chi connectivity index (χ3n) is 2.75. The Kier molecular flexibility index (Phi) is 4.06. The van der Waals surface area contributed by atoms with Gasteiger partial charge in [-0.15, -0.1) is 0 Å². The number of nitrogens with zero attached hydrogens (tertiary/aromatic N) is 2. The first-order valence-corrected chi connectivity index (χ1v) is 6.18. The molecule has 0 radical (unpaired) electrons. The topological polar surface area (TPSA) is 76.9 Å². The highest BCUT2D eigenvalue weighted by Gasteiger charge is 2.05. The number of amidine groups is 1. The summed E-state index contributed by atoms with van der Waals surface area (Å²) in [5, 5.41) is 7.76. The van der Waals surface area contributed by atoms with Crippen LogP contribution in [0.5, 0.6) is 5.75 Å². The van der Waals surface area contributed by atoms with Gasteiger partial charge in [0.1, 0.15) is 17.4 Å². The summed E-state index contributed by atoms with van der Waals surface area (Å²) < 4.78 is 7.55. The molecule has 0 saturated carbocycles. The summed E-state index contributed by atoms with van der Waals surface area (Å²) in [5.74, 6) is 1.57. The van der Waals surface area contributed by atoms with Gasteiger partial charge in [-0.25, -0.2) is 4.98 Å². The van der Waals surface area contributed by atoms with Gasteiger partial charge >= 0.3 is 0 Å². The molecule has 6 heteroatoms. The van der Waals surface area contributed by atoms with Crippen molar-refractivity contribution < 1.29 is 4.74 Å². The number of aryl methyl sites for hydroxylation is 1. The summed E-state index contributed by atoms with van der Waals surface area (Å²) in [6.45, 7) is 0.514. The first kappa shape index (κ1) is 13.4. The van der Waals surface area contributed by atoms with Crippen molar-refractivity contribution in [2.45, 2.75) is 6.42 Å². The highest BCUT2D eigenvalue weighted by atomic mass is 35.5. The maximum absolute atomic E-state index is 7.34. The van der Waals surface area contributed by atoms with Crippen molar-refractivity contribution in [2.24, 2.45) is 12.8 Å². The molecule has 100 valence electrons. The van der Waals surface area contributed by atoms with Crippen molar-refractivity contribution in [1.82, 2.24) is 9.55 Å². The van der Waals surface area contributed by atoms with E-state index in [0.29, 0.717) is 22.9 Å². The van der Waals surface area contributed by atoms with E-state index in [4.69, 9.17) is 27.5 Å². The molecule has 19 heavy (non-hydrogen) atoms. The van der Waals surface area contributed by atoms with Crippen LogP contribution in [0.15, 0.2) is 30.6 Å². The van der Waals surface area contributed by atoms with Crippen molar-refractivity contribution in [1.29, 1.82) is 5.41 Å². The van der Waals surface area contributed by atoms with Gasteiger partial charge < -0.3 is 15.0 Å². The summed E-state index contributed by atoms with van der Waals surface area (Å²) in [4.78, 5) is 4.21. The van der Waals surface area contributed by atoms with E-state index in [9.17, 15) is 0 Å². The molecule has 2 rings (SSSR count). The van der Waals surface area contributed by atoms with Crippen molar-refractivity contribution in [3.63, 3.8) is 0 Å². The lowest BCUT2D eigenvalue weighted by Crippen LogP contribution is -2.12. The Hall–Kier alpha value is -2.01. The molecule has 1 aromatic heterocycles. The Morgan fingerprint density at radius 1 is 1.53 bits per heavy atom. The normalized spacial score (nSPS) is 10.4. The molecular weight excluding hydrogens is 264 g/mol. The van der Waals surface area contributed by atoms with E-state index in [2.05, 4.69) is 4.98 Å². The number of nitrogens with one attached hydrogen (secondary N) is 1. The minimum absolute atomic E-state index is 0.0513. The van der Waals surface area contributed by atoms with Crippen LogP contribution in [0.2, 0.25) is 5.02 Å². The fourth-order valence-electron chi connectivity index (χ4n) is 1.70. The van der Waals surface area contributed by atoms with Gasteiger partial charge in [-0.3, -0.25) is 5.41 Å². The number of imidazole rings is 1. The molecular formula is C13H15ClN4O. The van der Waals surface area contributed by atoms with Gasteiger partial charge in [0.15, 0.2) is 0 Å². The number of hydrogen-bond acceptors (Lipinski definition) is 3. The van der Waals surface area contributed by atoms with Gasteiger partial charge in [0.05, 0.1) is 11.6 Å². The van der Waals surface area contributed by atoms with Crippen LogP contribution in [-0.2, 0) is 13.5 Å². The predicted octanol–water partition coefficient (Wildman–Crippen LogP) is 1.98. The second kappa shape index (κ2) is 5.75. The number of ether oxygens (including phenoxy) is 1. The Balaban J connectivity index is 1.95. The van der Waals surface area contributed by atoms with Gasteiger partial charge in [0.25, 0.3) is 0 Å². The van der Waals surface area contributed by atoms with E-state index < -0.39 is 0 Å². The van der Waals surface area contributed by atoms with Crippen molar-refractivity contribution in [3.05, 3.63) is 47.0 Å². The number of benzene rings is 1. The third kappa shape index (κ3) is 3.26. The standard InChI is InChI=1S/C13H15ClN4O/c1-18-6-5-17-12(18)4-7-19-9-2-3-10(13(15)16)11(14)8-9/h2-3,5-6,8H,4,7H2,1H3,(H3,15,16). The first-order chi connectivity index (χ1) is 9.08. The molecule has 0 bridgehead atoms. The molecule has 1 heterocycles. The van der Waals surface area contributed by atoms with Crippen LogP contribution in [0.25, 0.3) is 0 Å². The third-order valence-corrected chi connectivity index (χ3v) is 3.06. The Morgan fingerprint density at radius 3 is 2.89 bits per heavy atom. The second-order valence-electron chi connectivity index (χ2n) is 4.11. The monoisotopic (exact) mass is 278 g/mol. The van der Waals surface area contributed by atoms with Gasteiger partial charge in [-0.1, -0.05) is 11.6 Å². The molecule has 0 amide bonds. The molecule has 1 aromatic carbocycles. The number of halogens is 1. The number of rotatable bonds is 5. The second-order valence-corrected chi connectivity index (χ2v) is 4.52. The van der Waals surface area contributed by atoms with E-state index in [1.165, 1.54) is 0 Å². The van der Waals surface area contributed by atoms with Crippen LogP contribution in [0.1, 0.15) is 11.4 Å². The molecule has 0 aliphatic carbocycles. The number of hydrogen-bond donors (Lipinski definition) is 2. The summed E-state index contributed by atoms with van der Waals surface area (Å²) in [7, 11) is 1.95. The maximum atomic E-state index is 7.34. The van der Waals surface area contributed by atoms with E-state index in [1.807, 2.05) is 17.8 Å². The molecule has 3 N–H and O–H groups in total. The fourth-order valence-corrected chi connectivity index (χ4v) is 1.97. The Labute approximate surface area is 116 Å². The zero-order chi connectivity index (χ0) is 13.8. The highest BCUT2D eigenvalue weighted by Crippen LogP contribution is 2.22. The molecule has 0 fully saturated rings. The summed E-state index contributed by atoms with van der Waals surface area (Å²) in [5.41, 5.74) is 5.90. The van der Waals surface area contributed by atoms with Crippen LogP contribution >= 0.6 is 11.6 Å². The average molecular weight is 279 g/mol. The highest BCUT2D eigenvalue weighted by molar-refractivity contribution is 6.34. The minimum Gasteiger partial charge on any atom is -0.493 e. The van der Waals surface area contributed by atoms with Crippen LogP contribution in [-0.4, -0.2) is 22.0 Å². The maximum Gasteiger partial charge on any atom is 0.124 e. The molecule has 0 spiro atoms. The molecule has 5 nitrogen and oxygen atoms in total. The smallest absolute Gasteiger partial charge is 0.124 e. The van der Waals surface area contributed by atoms with Gasteiger partial charge in [-0.05, 0) is 18.2 Å². The van der Waals surface area contributed by atoms with E-state index >= 15 is 0 Å². The van der Waals surface area contributed by atoms with Crippen LogP contribution < -0.4 is 10.5 Å². The Morgan fingerprint density at radius 2 is 2.32 bits per heavy atom. The summed E-state index contributed by atoms with van der Waals surface area (Å²) in [6, 6.07) is 5.10.